The zero-order valence-electron chi connectivity index (χ0n) is 13.5. The molecule has 0 fully saturated rings. The average molecular weight is 283 g/mol. The van der Waals surface area contributed by atoms with E-state index in [1.165, 1.54) is 0 Å². The Kier molecular flexibility index (Phi) is 6.30. The molecule has 0 saturated heterocycles. The molecule has 0 aromatic carbocycles. The van der Waals surface area contributed by atoms with Gasteiger partial charge >= 0.3 is 5.97 Å². The number of rotatable bonds is 5. The molecule has 1 unspecified atom stereocenters. The molecule has 1 atom stereocenters. The molecule has 0 bridgehead atoms. The monoisotopic (exact) mass is 283 g/mol. The molecule has 0 rings (SSSR count). The van der Waals surface area contributed by atoms with Gasteiger partial charge < -0.3 is 0 Å². The summed E-state index contributed by atoms with van der Waals surface area (Å²) >= 11 is 0. The molecule has 0 saturated carbocycles. The van der Waals surface area contributed by atoms with Gasteiger partial charge in [-0.15, -0.1) is 0 Å². The minimum Gasteiger partial charge on any atom is -0.298 e. The van der Waals surface area contributed by atoms with E-state index in [9.17, 15) is 4.79 Å². The van der Waals surface area contributed by atoms with Crippen LogP contribution in [-0.4, -0.2) is 22.6 Å². The van der Waals surface area contributed by atoms with Crippen molar-refractivity contribution in [1.29, 1.82) is 5.26 Å². The summed E-state index contributed by atoms with van der Waals surface area (Å²) in [6.07, 6.45) is 0.277. The molecule has 6 heteroatoms. The zero-order chi connectivity index (χ0) is 16.0. The molecule has 0 aliphatic rings. The lowest BCUT2D eigenvalue weighted by atomic mass is 9.99. The highest BCUT2D eigenvalue weighted by molar-refractivity contribution is 5.68. The number of hydrogen-bond donors (Lipinski definition) is 0. The van der Waals surface area contributed by atoms with E-state index in [-0.39, 0.29) is 18.4 Å². The standard InChI is InChI=1S/C14H25N3O3/c1-12(2,3)16-17-14(7,10-15)9-8-11(18)19-20-13(4,5)6/h8-9H2,1-7H3. The molecule has 0 aliphatic carbocycles. The van der Waals surface area contributed by atoms with Crippen molar-refractivity contribution >= 4 is 5.97 Å². The lowest BCUT2D eigenvalue weighted by Gasteiger charge is -2.19. The van der Waals surface area contributed by atoms with Crippen LogP contribution < -0.4 is 0 Å². The molecule has 20 heavy (non-hydrogen) atoms. The van der Waals surface area contributed by atoms with Gasteiger partial charge in [0.1, 0.15) is 5.60 Å². The van der Waals surface area contributed by atoms with Crippen molar-refractivity contribution in [3.05, 3.63) is 0 Å². The smallest absolute Gasteiger partial charge is 0.298 e. The van der Waals surface area contributed by atoms with Crippen LogP contribution in [0, 0.1) is 11.3 Å². The summed E-state index contributed by atoms with van der Waals surface area (Å²) in [7, 11) is 0. The van der Waals surface area contributed by atoms with Crippen LogP contribution in [0.2, 0.25) is 0 Å². The van der Waals surface area contributed by atoms with Crippen molar-refractivity contribution in [2.24, 2.45) is 10.2 Å². The van der Waals surface area contributed by atoms with E-state index >= 15 is 0 Å². The van der Waals surface area contributed by atoms with E-state index in [2.05, 4.69) is 21.2 Å². The third-order valence-corrected chi connectivity index (χ3v) is 2.01. The topological polar surface area (TPSA) is 84.0 Å². The minimum absolute atomic E-state index is 0.0449. The molecule has 0 amide bonds. The van der Waals surface area contributed by atoms with Crippen LogP contribution in [-0.2, 0) is 14.6 Å². The quantitative estimate of drug-likeness (QED) is 0.438. The van der Waals surface area contributed by atoms with Gasteiger partial charge in [0.25, 0.3) is 0 Å². The van der Waals surface area contributed by atoms with Crippen molar-refractivity contribution in [2.75, 3.05) is 0 Å². The molecule has 114 valence electrons. The van der Waals surface area contributed by atoms with Gasteiger partial charge in [0.2, 0.25) is 0 Å². The van der Waals surface area contributed by atoms with Gasteiger partial charge in [-0.25, -0.2) is 4.79 Å². The summed E-state index contributed by atoms with van der Waals surface area (Å²) in [6, 6.07) is 2.07. The minimum atomic E-state index is -1.03. The Balaban J connectivity index is 4.42. The fraction of sp³-hybridized carbons (Fsp3) is 0.857. The predicted octanol–water partition coefficient (Wildman–Crippen LogP) is 3.57. The summed E-state index contributed by atoms with van der Waals surface area (Å²) in [5.74, 6) is -0.521. The van der Waals surface area contributed by atoms with Crippen LogP contribution in [0.15, 0.2) is 10.2 Å². The normalized spacial score (nSPS) is 15.7. The van der Waals surface area contributed by atoms with E-state index < -0.39 is 17.1 Å². The fourth-order valence-electron chi connectivity index (χ4n) is 0.947. The number of hydrogen-bond acceptors (Lipinski definition) is 6. The highest BCUT2D eigenvalue weighted by Gasteiger charge is 2.26. The number of carbonyl (C=O) groups is 1. The van der Waals surface area contributed by atoms with Crippen molar-refractivity contribution in [3.8, 4) is 6.07 Å². The second kappa shape index (κ2) is 6.80. The van der Waals surface area contributed by atoms with Crippen LogP contribution in [0.1, 0.15) is 61.3 Å². The molecular weight excluding hydrogens is 258 g/mol. The molecule has 0 N–H and O–H groups in total. The maximum absolute atomic E-state index is 11.5. The Labute approximate surface area is 121 Å². The first kappa shape index (κ1) is 18.5. The van der Waals surface area contributed by atoms with Crippen LogP contribution in [0.25, 0.3) is 0 Å². The molecule has 0 aliphatic heterocycles. The summed E-state index contributed by atoms with van der Waals surface area (Å²) in [4.78, 5) is 21.1. The third kappa shape index (κ3) is 9.45. The summed E-state index contributed by atoms with van der Waals surface area (Å²) in [5.41, 5.74) is -1.94. The fourth-order valence-corrected chi connectivity index (χ4v) is 0.947. The van der Waals surface area contributed by atoms with Crippen LogP contribution in [0.4, 0.5) is 0 Å². The predicted molar refractivity (Wildman–Crippen MR) is 74.8 cm³/mol. The van der Waals surface area contributed by atoms with E-state index in [4.69, 9.17) is 10.1 Å². The zero-order valence-corrected chi connectivity index (χ0v) is 13.5. The molecule has 0 radical (unpaired) electrons. The number of azo groups is 1. The largest absolute Gasteiger partial charge is 0.342 e. The van der Waals surface area contributed by atoms with Gasteiger partial charge in [-0.05, 0) is 54.9 Å². The van der Waals surface area contributed by atoms with E-state index in [1.54, 1.807) is 27.7 Å². The van der Waals surface area contributed by atoms with Gasteiger partial charge in [-0.1, -0.05) is 0 Å². The number of nitrogens with zero attached hydrogens (tertiary/aromatic N) is 3. The number of carbonyl (C=O) groups excluding carboxylic acids is 1. The van der Waals surface area contributed by atoms with Crippen molar-refractivity contribution in [3.63, 3.8) is 0 Å². The van der Waals surface area contributed by atoms with Crippen LogP contribution in [0.3, 0.4) is 0 Å². The van der Waals surface area contributed by atoms with Crippen LogP contribution >= 0.6 is 0 Å². The second-order valence-corrected chi connectivity index (χ2v) is 6.91. The first-order chi connectivity index (χ1) is 8.87. The Morgan fingerprint density at radius 3 is 2.05 bits per heavy atom. The molecule has 0 aromatic heterocycles. The van der Waals surface area contributed by atoms with E-state index in [1.807, 2.05) is 20.8 Å². The molecule has 6 nitrogen and oxygen atoms in total. The van der Waals surface area contributed by atoms with Crippen molar-refractivity contribution in [2.45, 2.75) is 78.0 Å². The first-order valence-corrected chi connectivity index (χ1v) is 6.61. The average Bonchev–Trinajstić information content (AvgIpc) is 2.29. The maximum atomic E-state index is 11.5. The maximum Gasteiger partial charge on any atom is 0.342 e. The number of nitriles is 1. The van der Waals surface area contributed by atoms with Crippen molar-refractivity contribution in [1.82, 2.24) is 0 Å². The summed E-state index contributed by atoms with van der Waals surface area (Å²) in [6.45, 7) is 12.6. The van der Waals surface area contributed by atoms with Gasteiger partial charge in [0.05, 0.1) is 18.0 Å². The summed E-state index contributed by atoms with van der Waals surface area (Å²) < 4.78 is 0. The summed E-state index contributed by atoms with van der Waals surface area (Å²) in [5, 5.41) is 17.3. The SMILES string of the molecule is CC(C)(C)N=NC(C)(C#N)CCC(=O)OOC(C)(C)C. The third-order valence-electron chi connectivity index (χ3n) is 2.01. The van der Waals surface area contributed by atoms with Gasteiger partial charge in [-0.3, -0.25) is 4.89 Å². The Bertz CT molecular complexity index is 399. The lowest BCUT2D eigenvalue weighted by molar-refractivity contribution is -0.320. The molecule has 0 aromatic rings. The molecular formula is C14H25N3O3. The Morgan fingerprint density at radius 1 is 1.10 bits per heavy atom. The lowest BCUT2D eigenvalue weighted by Crippen LogP contribution is -2.25. The first-order valence-electron chi connectivity index (χ1n) is 6.61. The van der Waals surface area contributed by atoms with E-state index in [0.29, 0.717) is 0 Å². The Morgan fingerprint density at radius 2 is 1.65 bits per heavy atom. The molecule has 0 spiro atoms. The Hall–Kier alpha value is -1.48. The molecule has 0 heterocycles. The van der Waals surface area contributed by atoms with Gasteiger partial charge in [0, 0.05) is 0 Å². The van der Waals surface area contributed by atoms with Gasteiger partial charge in [0.15, 0.2) is 5.54 Å². The van der Waals surface area contributed by atoms with E-state index in [0.717, 1.165) is 0 Å². The van der Waals surface area contributed by atoms with Crippen molar-refractivity contribution < 1.29 is 14.6 Å². The highest BCUT2D eigenvalue weighted by atomic mass is 17.2. The highest BCUT2D eigenvalue weighted by Crippen LogP contribution is 2.21. The second-order valence-electron chi connectivity index (χ2n) is 6.91. The van der Waals surface area contributed by atoms with Crippen LogP contribution in [0.5, 0.6) is 0 Å². The van der Waals surface area contributed by atoms with Gasteiger partial charge in [-0.2, -0.15) is 20.4 Å².